The molecule has 0 amide bonds. The van der Waals surface area contributed by atoms with Crippen molar-refractivity contribution in [3.05, 3.63) is 35.0 Å². The van der Waals surface area contributed by atoms with Crippen molar-refractivity contribution in [2.75, 3.05) is 5.43 Å². The van der Waals surface area contributed by atoms with Gasteiger partial charge in [-0.25, -0.2) is 4.98 Å². The molecule has 0 aliphatic heterocycles. The highest BCUT2D eigenvalue weighted by molar-refractivity contribution is 6.35. The fourth-order valence-electron chi connectivity index (χ4n) is 1.95. The molecule has 4 heteroatoms. The number of hydrazine groups is 1. The van der Waals surface area contributed by atoms with Crippen LogP contribution < -0.4 is 11.3 Å². The van der Waals surface area contributed by atoms with Gasteiger partial charge in [0, 0.05) is 10.8 Å². The molecule has 3 nitrogen and oxygen atoms in total. The van der Waals surface area contributed by atoms with Gasteiger partial charge < -0.3 is 5.43 Å². The summed E-state index contributed by atoms with van der Waals surface area (Å²) in [7, 11) is 0. The van der Waals surface area contributed by atoms with Crippen molar-refractivity contribution in [3.8, 4) is 0 Å². The zero-order chi connectivity index (χ0) is 13.3. The van der Waals surface area contributed by atoms with Crippen molar-refractivity contribution >= 4 is 28.2 Å². The molecule has 1 aromatic heterocycles. The van der Waals surface area contributed by atoms with E-state index in [1.165, 1.54) is 0 Å². The summed E-state index contributed by atoms with van der Waals surface area (Å²) < 4.78 is 0. The predicted octanol–water partition coefficient (Wildman–Crippen LogP) is 3.86. The molecule has 0 aliphatic rings. The van der Waals surface area contributed by atoms with Crippen LogP contribution in [-0.2, 0) is 5.41 Å². The van der Waals surface area contributed by atoms with Gasteiger partial charge in [-0.1, -0.05) is 38.4 Å². The molecule has 0 spiro atoms. The third kappa shape index (κ3) is 2.16. The largest absolute Gasteiger partial charge is 0.322 e. The Kier molecular flexibility index (Phi) is 3.46. The van der Waals surface area contributed by atoms with E-state index in [4.69, 9.17) is 22.4 Å². The molecular weight excluding hydrogens is 246 g/mol. The molecule has 0 atom stereocenters. The van der Waals surface area contributed by atoms with E-state index in [1.54, 1.807) is 0 Å². The molecule has 0 aliphatic carbocycles. The third-order valence-electron chi connectivity index (χ3n) is 3.49. The standard InChI is InChI=1S/C14H18ClN3/c1-4-14(2,3)13-12(18-16)8-9-10(15)6-5-7-11(9)17-13/h5-8,18H,4,16H2,1-3H3. The first-order chi connectivity index (χ1) is 8.49. The average molecular weight is 264 g/mol. The summed E-state index contributed by atoms with van der Waals surface area (Å²) in [6, 6.07) is 7.71. The Bertz CT molecular complexity index is 579. The van der Waals surface area contributed by atoms with Gasteiger partial charge in [0.05, 0.1) is 21.9 Å². The quantitative estimate of drug-likeness (QED) is 0.653. The number of aromatic nitrogens is 1. The number of halogens is 1. The summed E-state index contributed by atoms with van der Waals surface area (Å²) in [5.74, 6) is 5.61. The second-order valence-corrected chi connectivity index (χ2v) is 5.48. The number of anilines is 1. The smallest absolute Gasteiger partial charge is 0.0722 e. The summed E-state index contributed by atoms with van der Waals surface area (Å²) in [6.07, 6.45) is 0.987. The van der Waals surface area contributed by atoms with Gasteiger partial charge in [0.25, 0.3) is 0 Å². The van der Waals surface area contributed by atoms with Gasteiger partial charge in [-0.05, 0) is 24.6 Å². The molecule has 0 bridgehead atoms. The van der Waals surface area contributed by atoms with Gasteiger partial charge in [-0.2, -0.15) is 0 Å². The van der Waals surface area contributed by atoms with E-state index in [0.717, 1.165) is 28.7 Å². The van der Waals surface area contributed by atoms with Crippen LogP contribution in [0.15, 0.2) is 24.3 Å². The number of benzene rings is 1. The van der Waals surface area contributed by atoms with Gasteiger partial charge in [0.1, 0.15) is 0 Å². The van der Waals surface area contributed by atoms with E-state index in [0.29, 0.717) is 5.02 Å². The predicted molar refractivity (Wildman–Crippen MR) is 77.9 cm³/mol. The van der Waals surface area contributed by atoms with E-state index >= 15 is 0 Å². The molecule has 0 fully saturated rings. The Labute approximate surface area is 112 Å². The molecule has 96 valence electrons. The van der Waals surface area contributed by atoms with Crippen molar-refractivity contribution in [2.24, 2.45) is 5.84 Å². The first-order valence-electron chi connectivity index (χ1n) is 6.06. The normalized spacial score (nSPS) is 11.8. The molecule has 2 aromatic rings. The molecule has 1 heterocycles. The lowest BCUT2D eigenvalue weighted by Crippen LogP contribution is -2.22. The van der Waals surface area contributed by atoms with E-state index < -0.39 is 0 Å². The summed E-state index contributed by atoms with van der Waals surface area (Å²) in [4.78, 5) is 4.72. The van der Waals surface area contributed by atoms with Crippen molar-refractivity contribution in [1.29, 1.82) is 0 Å². The van der Waals surface area contributed by atoms with E-state index in [9.17, 15) is 0 Å². The van der Waals surface area contributed by atoms with Gasteiger partial charge >= 0.3 is 0 Å². The number of rotatable bonds is 3. The number of nitrogens with two attached hydrogens (primary N) is 1. The molecule has 0 saturated carbocycles. The highest BCUT2D eigenvalue weighted by Crippen LogP contribution is 2.34. The van der Waals surface area contributed by atoms with Crippen LogP contribution in [0.4, 0.5) is 5.69 Å². The summed E-state index contributed by atoms with van der Waals surface area (Å²) >= 11 is 6.18. The third-order valence-corrected chi connectivity index (χ3v) is 3.82. The summed E-state index contributed by atoms with van der Waals surface area (Å²) in [6.45, 7) is 6.46. The molecule has 3 N–H and O–H groups in total. The number of nitrogens with zero attached hydrogens (tertiary/aromatic N) is 1. The van der Waals surface area contributed by atoms with Gasteiger partial charge in [-0.3, -0.25) is 5.84 Å². The van der Waals surface area contributed by atoms with Gasteiger partial charge in [0.2, 0.25) is 0 Å². The fourth-order valence-corrected chi connectivity index (χ4v) is 2.18. The molecule has 2 rings (SSSR count). The highest BCUT2D eigenvalue weighted by atomic mass is 35.5. The van der Waals surface area contributed by atoms with Crippen molar-refractivity contribution < 1.29 is 0 Å². The number of nitrogen functional groups attached to an aromatic ring is 1. The molecule has 0 radical (unpaired) electrons. The number of nitrogens with one attached hydrogen (secondary N) is 1. The number of fused-ring (bicyclic) bond motifs is 1. The minimum Gasteiger partial charge on any atom is -0.322 e. The first-order valence-corrected chi connectivity index (χ1v) is 6.43. The van der Waals surface area contributed by atoms with Crippen LogP contribution in [0.25, 0.3) is 10.9 Å². The monoisotopic (exact) mass is 263 g/mol. The average Bonchev–Trinajstić information content (AvgIpc) is 2.38. The van der Waals surface area contributed by atoms with Crippen LogP contribution in [0, 0.1) is 0 Å². The maximum atomic E-state index is 6.18. The topological polar surface area (TPSA) is 50.9 Å². The lowest BCUT2D eigenvalue weighted by molar-refractivity contribution is 0.494. The number of pyridine rings is 1. The molecule has 18 heavy (non-hydrogen) atoms. The van der Waals surface area contributed by atoms with Crippen LogP contribution in [0.3, 0.4) is 0 Å². The maximum absolute atomic E-state index is 6.18. The fraction of sp³-hybridized carbons (Fsp3) is 0.357. The zero-order valence-corrected chi connectivity index (χ0v) is 11.7. The van der Waals surface area contributed by atoms with E-state index in [1.807, 2.05) is 24.3 Å². The van der Waals surface area contributed by atoms with Crippen LogP contribution in [0.5, 0.6) is 0 Å². The Morgan fingerprint density at radius 1 is 1.39 bits per heavy atom. The highest BCUT2D eigenvalue weighted by Gasteiger charge is 2.24. The Morgan fingerprint density at radius 2 is 2.11 bits per heavy atom. The molecular formula is C14H18ClN3. The van der Waals surface area contributed by atoms with E-state index in [-0.39, 0.29) is 5.41 Å². The van der Waals surface area contributed by atoms with Crippen molar-refractivity contribution in [3.63, 3.8) is 0 Å². The SMILES string of the molecule is CCC(C)(C)c1nc2cccc(Cl)c2cc1NN. The lowest BCUT2D eigenvalue weighted by atomic mass is 9.84. The maximum Gasteiger partial charge on any atom is 0.0722 e. The zero-order valence-electron chi connectivity index (χ0n) is 10.9. The van der Waals surface area contributed by atoms with E-state index in [2.05, 4.69) is 26.2 Å². The molecule has 0 saturated heterocycles. The molecule has 1 aromatic carbocycles. The van der Waals surface area contributed by atoms with Crippen molar-refractivity contribution in [1.82, 2.24) is 4.98 Å². The lowest BCUT2D eigenvalue weighted by Gasteiger charge is -2.25. The molecule has 0 unspecified atom stereocenters. The van der Waals surface area contributed by atoms with Crippen molar-refractivity contribution in [2.45, 2.75) is 32.6 Å². The van der Waals surface area contributed by atoms with Gasteiger partial charge in [-0.15, -0.1) is 0 Å². The summed E-state index contributed by atoms with van der Waals surface area (Å²) in [5, 5.41) is 1.61. The van der Waals surface area contributed by atoms with Crippen LogP contribution in [-0.4, -0.2) is 4.98 Å². The van der Waals surface area contributed by atoms with Gasteiger partial charge in [0.15, 0.2) is 0 Å². The van der Waals surface area contributed by atoms with Crippen LogP contribution in [0.1, 0.15) is 32.9 Å². The number of hydrogen-bond acceptors (Lipinski definition) is 3. The Hall–Kier alpha value is -1.32. The second kappa shape index (κ2) is 4.75. The Morgan fingerprint density at radius 3 is 2.72 bits per heavy atom. The second-order valence-electron chi connectivity index (χ2n) is 5.07. The number of hydrogen-bond donors (Lipinski definition) is 2. The van der Waals surface area contributed by atoms with Crippen LogP contribution in [0.2, 0.25) is 5.02 Å². The minimum atomic E-state index is -0.0296. The van der Waals surface area contributed by atoms with Crippen LogP contribution >= 0.6 is 11.6 Å². The minimum absolute atomic E-state index is 0.0296. The Balaban J connectivity index is 2.75. The summed E-state index contributed by atoms with van der Waals surface area (Å²) in [5.41, 5.74) is 5.42. The first kappa shape index (κ1) is 13.1.